The molecule has 0 unspecified atom stereocenters. The zero-order valence-electron chi connectivity index (χ0n) is 23.5. The minimum atomic E-state index is -1.82. The molecule has 43 heavy (non-hydrogen) atoms. The van der Waals surface area contributed by atoms with Crippen LogP contribution in [0.15, 0.2) is 66.9 Å². The van der Waals surface area contributed by atoms with E-state index in [2.05, 4.69) is 10.3 Å². The second-order valence-corrected chi connectivity index (χ2v) is 8.95. The predicted molar refractivity (Wildman–Crippen MR) is 158 cm³/mol. The summed E-state index contributed by atoms with van der Waals surface area (Å²) < 4.78 is 7.00. The molecule has 0 aliphatic rings. The first-order valence-electron chi connectivity index (χ1n) is 13.0. The van der Waals surface area contributed by atoms with Crippen LogP contribution in [0, 0.1) is 5.41 Å². The van der Waals surface area contributed by atoms with E-state index in [-0.39, 0.29) is 37.3 Å². The summed E-state index contributed by atoms with van der Waals surface area (Å²) in [6, 6.07) is 18.0. The normalized spacial score (nSPS) is 10.3. The number of nitrogens with one attached hydrogen (secondary N) is 2. The fraction of sp³-hybridized carbons (Fsp3) is 0.207. The molecule has 0 saturated heterocycles. The number of aryl methyl sites for hydroxylation is 1. The van der Waals surface area contributed by atoms with Gasteiger partial charge in [-0.3, -0.25) is 19.9 Å². The maximum absolute atomic E-state index is 13.5. The average molecular weight is 590 g/mol. The number of amides is 1. The van der Waals surface area contributed by atoms with Crippen molar-refractivity contribution < 1.29 is 34.1 Å². The number of benzene rings is 2. The fourth-order valence-corrected chi connectivity index (χ4v) is 3.92. The van der Waals surface area contributed by atoms with E-state index < -0.39 is 11.9 Å². The lowest BCUT2D eigenvalue weighted by Crippen LogP contribution is -2.34. The van der Waals surface area contributed by atoms with Gasteiger partial charge in [-0.05, 0) is 61.5 Å². The van der Waals surface area contributed by atoms with Crippen LogP contribution in [0.4, 0.5) is 11.5 Å². The van der Waals surface area contributed by atoms with Gasteiger partial charge in [-0.1, -0.05) is 6.07 Å². The molecule has 0 radical (unpaired) electrons. The summed E-state index contributed by atoms with van der Waals surface area (Å²) in [4.78, 5) is 54.2. The first-order valence-corrected chi connectivity index (χ1v) is 13.0. The molecule has 4 rings (SSSR count). The van der Waals surface area contributed by atoms with Gasteiger partial charge in [0.25, 0.3) is 5.91 Å². The Balaban J connectivity index is 0.000000765. The Morgan fingerprint density at radius 3 is 2.28 bits per heavy atom. The molecule has 224 valence electrons. The van der Waals surface area contributed by atoms with Gasteiger partial charge in [0, 0.05) is 36.6 Å². The predicted octanol–water partition coefficient (Wildman–Crippen LogP) is 2.62. The maximum atomic E-state index is 13.5. The molecule has 14 heteroatoms. The number of aliphatic carboxylic acids is 2. The number of esters is 1. The van der Waals surface area contributed by atoms with E-state index >= 15 is 0 Å². The van der Waals surface area contributed by atoms with Gasteiger partial charge in [0.2, 0.25) is 0 Å². The minimum absolute atomic E-state index is 0.0229. The van der Waals surface area contributed by atoms with Crippen LogP contribution in [-0.4, -0.2) is 67.6 Å². The monoisotopic (exact) mass is 589 g/mol. The molecule has 0 fully saturated rings. The highest BCUT2D eigenvalue weighted by molar-refractivity contribution is 6.27. The lowest BCUT2D eigenvalue weighted by atomic mass is 10.1. The summed E-state index contributed by atoms with van der Waals surface area (Å²) in [6.45, 7) is 2.64. The Kier molecular flexibility index (Phi) is 10.9. The molecule has 6 N–H and O–H groups in total. The molecule has 0 aliphatic carbocycles. The molecule has 0 aliphatic heterocycles. The molecule has 0 bridgehead atoms. The highest BCUT2D eigenvalue weighted by atomic mass is 16.5. The average Bonchev–Trinajstić information content (AvgIpc) is 3.31. The van der Waals surface area contributed by atoms with E-state index in [4.69, 9.17) is 40.7 Å². The number of fused-ring (bicyclic) bond motifs is 1. The standard InChI is InChI=1S/C27H29N7O3.C2H2O4/c1-3-37-25(35)13-15-34(23-6-4-5-14-30-23)27(36)19-9-12-22-21(16-19)32-24(33(22)2)17-31-20-10-7-18(8-11-20)26(28)29;3-1(4)2(5)6/h4-12,14,16,31H,3,13,15,17H2,1-2H3,(H3,28,29);(H,3,4)(H,5,6). The van der Waals surface area contributed by atoms with Crippen LogP contribution in [-0.2, 0) is 32.7 Å². The molecule has 14 nitrogen and oxygen atoms in total. The number of nitrogen functional groups attached to an aromatic ring is 1. The maximum Gasteiger partial charge on any atom is 0.414 e. The van der Waals surface area contributed by atoms with E-state index in [1.54, 1.807) is 55.6 Å². The number of aromatic nitrogens is 3. The third-order valence-corrected chi connectivity index (χ3v) is 6.07. The van der Waals surface area contributed by atoms with E-state index in [0.717, 1.165) is 17.0 Å². The van der Waals surface area contributed by atoms with Gasteiger partial charge in [0.1, 0.15) is 17.5 Å². The lowest BCUT2D eigenvalue weighted by molar-refractivity contribution is -0.159. The van der Waals surface area contributed by atoms with Crippen molar-refractivity contribution in [3.63, 3.8) is 0 Å². The van der Waals surface area contributed by atoms with Gasteiger partial charge in [0.15, 0.2) is 0 Å². The first kappa shape index (κ1) is 31.7. The van der Waals surface area contributed by atoms with Gasteiger partial charge in [-0.2, -0.15) is 0 Å². The number of rotatable bonds is 10. The largest absolute Gasteiger partial charge is 0.473 e. The smallest absolute Gasteiger partial charge is 0.414 e. The van der Waals surface area contributed by atoms with Crippen molar-refractivity contribution >= 4 is 52.2 Å². The SMILES string of the molecule is CCOC(=O)CCN(C(=O)c1ccc2c(c1)nc(CNc1ccc(C(=N)N)cc1)n2C)c1ccccn1.O=C(O)C(=O)O. The highest BCUT2D eigenvalue weighted by Crippen LogP contribution is 2.21. The topological polar surface area (TPSA) is 214 Å². The zero-order valence-corrected chi connectivity index (χ0v) is 23.5. The fourth-order valence-electron chi connectivity index (χ4n) is 3.92. The molecule has 0 spiro atoms. The summed E-state index contributed by atoms with van der Waals surface area (Å²) in [5.74, 6) is -3.03. The van der Waals surface area contributed by atoms with E-state index in [1.165, 1.54) is 4.90 Å². The van der Waals surface area contributed by atoms with Gasteiger partial charge in [-0.15, -0.1) is 0 Å². The first-order chi connectivity index (χ1) is 20.5. The van der Waals surface area contributed by atoms with Crippen molar-refractivity contribution in [2.45, 2.75) is 19.9 Å². The van der Waals surface area contributed by atoms with Crippen LogP contribution in [0.5, 0.6) is 0 Å². The Morgan fingerprint density at radius 2 is 1.70 bits per heavy atom. The second-order valence-electron chi connectivity index (χ2n) is 8.95. The van der Waals surface area contributed by atoms with E-state index in [1.807, 2.05) is 29.8 Å². The van der Waals surface area contributed by atoms with Crippen LogP contribution in [0.3, 0.4) is 0 Å². The van der Waals surface area contributed by atoms with Crippen LogP contribution in [0.2, 0.25) is 0 Å². The van der Waals surface area contributed by atoms with Gasteiger partial charge >= 0.3 is 17.9 Å². The van der Waals surface area contributed by atoms with E-state index in [9.17, 15) is 9.59 Å². The molecule has 2 aromatic heterocycles. The van der Waals surface area contributed by atoms with Crippen LogP contribution in [0.1, 0.15) is 35.1 Å². The number of hydrogen-bond acceptors (Lipinski definition) is 9. The third kappa shape index (κ3) is 8.60. The molecular weight excluding hydrogens is 558 g/mol. The van der Waals surface area contributed by atoms with Gasteiger partial charge < -0.3 is 30.6 Å². The highest BCUT2D eigenvalue weighted by Gasteiger charge is 2.21. The number of pyridine rings is 1. The molecule has 0 atom stereocenters. The summed E-state index contributed by atoms with van der Waals surface area (Å²) in [7, 11) is 1.92. The van der Waals surface area contributed by atoms with Crippen LogP contribution >= 0.6 is 0 Å². The number of carboxylic acids is 2. The number of carboxylic acid groups (broad SMARTS) is 2. The molecule has 2 aromatic carbocycles. The Bertz CT molecular complexity index is 1610. The minimum Gasteiger partial charge on any atom is -0.473 e. The van der Waals surface area contributed by atoms with Crippen molar-refractivity contribution in [2.24, 2.45) is 12.8 Å². The summed E-state index contributed by atoms with van der Waals surface area (Å²) in [5, 5.41) is 25.6. The van der Waals surface area contributed by atoms with Gasteiger partial charge in [0.05, 0.1) is 30.6 Å². The van der Waals surface area contributed by atoms with Crippen molar-refractivity contribution in [1.82, 2.24) is 14.5 Å². The van der Waals surface area contributed by atoms with Crippen molar-refractivity contribution in [3.8, 4) is 0 Å². The molecule has 0 saturated carbocycles. The summed E-state index contributed by atoms with van der Waals surface area (Å²) in [6.07, 6.45) is 1.67. The number of nitrogens with two attached hydrogens (primary N) is 1. The Morgan fingerprint density at radius 1 is 1.02 bits per heavy atom. The number of ether oxygens (including phenoxy) is 1. The number of nitrogens with zero attached hydrogens (tertiary/aromatic N) is 4. The molecule has 4 aromatic rings. The Hall–Kier alpha value is -5.79. The zero-order chi connectivity index (χ0) is 31.5. The van der Waals surface area contributed by atoms with Crippen molar-refractivity contribution in [3.05, 3.63) is 83.8 Å². The second kappa shape index (κ2) is 14.7. The quantitative estimate of drug-likeness (QED) is 0.0784. The van der Waals surface area contributed by atoms with E-state index in [0.29, 0.717) is 29.0 Å². The Labute approximate surface area is 246 Å². The number of carbonyl (C=O) groups is 4. The lowest BCUT2D eigenvalue weighted by Gasteiger charge is -2.21. The van der Waals surface area contributed by atoms with Crippen molar-refractivity contribution in [2.75, 3.05) is 23.4 Å². The van der Waals surface area contributed by atoms with Crippen molar-refractivity contribution in [1.29, 1.82) is 5.41 Å². The number of imidazole rings is 1. The summed E-state index contributed by atoms with van der Waals surface area (Å²) >= 11 is 0. The van der Waals surface area contributed by atoms with Gasteiger partial charge in [-0.25, -0.2) is 19.6 Å². The number of hydrogen-bond donors (Lipinski definition) is 5. The summed E-state index contributed by atoms with van der Waals surface area (Å²) in [5.41, 5.74) is 9.07. The number of carbonyl (C=O) groups excluding carboxylic acids is 2. The molecule has 2 heterocycles. The van der Waals surface area contributed by atoms with Crippen LogP contribution in [0.25, 0.3) is 11.0 Å². The number of amidine groups is 1. The number of anilines is 2. The van der Waals surface area contributed by atoms with Crippen LogP contribution < -0.4 is 16.0 Å². The molecule has 1 amide bonds. The third-order valence-electron chi connectivity index (χ3n) is 6.07. The molecular formula is C29H31N7O7.